The Morgan fingerprint density at radius 2 is 1.86 bits per heavy atom. The summed E-state index contributed by atoms with van der Waals surface area (Å²) in [7, 11) is 1.58. The van der Waals surface area contributed by atoms with E-state index in [9.17, 15) is 4.79 Å². The molecular weight excluding hydrogens is 360 g/mol. The number of hydrogen-bond acceptors (Lipinski definition) is 7. The molecular formula is C18H20N8O2. The number of benzene rings is 1. The lowest BCUT2D eigenvalue weighted by atomic mass is 10.3. The van der Waals surface area contributed by atoms with E-state index in [-0.39, 0.29) is 6.03 Å². The summed E-state index contributed by atoms with van der Waals surface area (Å²) in [6.45, 7) is 2.52. The number of nitrogens with zero attached hydrogens (tertiary/aromatic N) is 7. The zero-order valence-electron chi connectivity index (χ0n) is 15.4. The molecule has 1 aliphatic rings. The fourth-order valence-corrected chi connectivity index (χ4v) is 3.04. The number of hydrogen-bond donors (Lipinski definition) is 1. The van der Waals surface area contributed by atoms with Crippen LogP contribution >= 0.6 is 0 Å². The van der Waals surface area contributed by atoms with Gasteiger partial charge in [0.1, 0.15) is 30.5 Å². The molecule has 2 aromatic heterocycles. The van der Waals surface area contributed by atoms with E-state index >= 15 is 0 Å². The van der Waals surface area contributed by atoms with Gasteiger partial charge in [-0.15, -0.1) is 0 Å². The molecule has 3 heterocycles. The van der Waals surface area contributed by atoms with Crippen LogP contribution in [0, 0.1) is 0 Å². The van der Waals surface area contributed by atoms with Crippen LogP contribution in [0.1, 0.15) is 0 Å². The monoisotopic (exact) mass is 380 g/mol. The van der Waals surface area contributed by atoms with E-state index in [2.05, 4.69) is 30.3 Å². The Bertz CT molecular complexity index is 938. The highest BCUT2D eigenvalue weighted by Gasteiger charge is 2.23. The molecule has 0 aliphatic carbocycles. The van der Waals surface area contributed by atoms with Gasteiger partial charge in [-0.2, -0.15) is 5.10 Å². The summed E-state index contributed by atoms with van der Waals surface area (Å²) in [4.78, 5) is 29.0. The van der Waals surface area contributed by atoms with Crippen molar-refractivity contribution < 1.29 is 9.53 Å². The van der Waals surface area contributed by atoms with Crippen molar-refractivity contribution in [3.8, 4) is 11.6 Å². The Labute approximate surface area is 161 Å². The third-order valence-electron chi connectivity index (χ3n) is 4.53. The van der Waals surface area contributed by atoms with E-state index in [1.807, 2.05) is 30.3 Å². The topological polar surface area (TPSA) is 101 Å². The first-order valence-corrected chi connectivity index (χ1v) is 8.85. The van der Waals surface area contributed by atoms with E-state index in [1.54, 1.807) is 23.0 Å². The number of urea groups is 1. The van der Waals surface area contributed by atoms with E-state index in [1.165, 1.54) is 12.7 Å². The number of ether oxygens (including phenoxy) is 1. The first-order chi connectivity index (χ1) is 13.7. The second-order valence-electron chi connectivity index (χ2n) is 6.18. The summed E-state index contributed by atoms with van der Waals surface area (Å²) < 4.78 is 6.87. The number of rotatable bonds is 4. The Balaban J connectivity index is 1.38. The van der Waals surface area contributed by atoms with Gasteiger partial charge in [0.25, 0.3) is 0 Å². The fourth-order valence-electron chi connectivity index (χ4n) is 3.04. The van der Waals surface area contributed by atoms with Crippen LogP contribution in [-0.2, 0) is 0 Å². The summed E-state index contributed by atoms with van der Waals surface area (Å²) in [6, 6.07) is 9.07. The highest BCUT2D eigenvalue weighted by atomic mass is 16.5. The second-order valence-corrected chi connectivity index (χ2v) is 6.18. The van der Waals surface area contributed by atoms with Gasteiger partial charge in [-0.3, -0.25) is 0 Å². The maximum absolute atomic E-state index is 12.6. The Hall–Kier alpha value is -3.69. The summed E-state index contributed by atoms with van der Waals surface area (Å²) >= 11 is 0. The highest BCUT2D eigenvalue weighted by molar-refractivity contribution is 5.91. The minimum absolute atomic E-state index is 0.143. The van der Waals surface area contributed by atoms with Gasteiger partial charge in [-0.1, -0.05) is 12.1 Å². The SMILES string of the molecule is COc1ccccc1NC(=O)N1CCN(c2cc(-n3cncn3)ncn2)CC1. The molecule has 0 bridgehead atoms. The Morgan fingerprint density at radius 3 is 2.61 bits per heavy atom. The Kier molecular flexibility index (Phi) is 5.00. The van der Waals surface area contributed by atoms with Crippen LogP contribution in [0.25, 0.3) is 5.82 Å². The van der Waals surface area contributed by atoms with Crippen LogP contribution in [0.15, 0.2) is 49.3 Å². The quantitative estimate of drug-likeness (QED) is 0.730. The van der Waals surface area contributed by atoms with Crippen LogP contribution in [0.3, 0.4) is 0 Å². The minimum atomic E-state index is -0.143. The predicted molar refractivity (Wildman–Crippen MR) is 103 cm³/mol. The lowest BCUT2D eigenvalue weighted by Gasteiger charge is -2.35. The van der Waals surface area contributed by atoms with Crippen LogP contribution in [0.5, 0.6) is 5.75 Å². The summed E-state index contributed by atoms with van der Waals surface area (Å²) in [5.74, 6) is 2.08. The van der Waals surface area contributed by atoms with E-state index in [4.69, 9.17) is 4.74 Å². The fraction of sp³-hybridized carbons (Fsp3) is 0.278. The number of aromatic nitrogens is 5. The Morgan fingerprint density at radius 1 is 1.07 bits per heavy atom. The molecule has 1 aliphatic heterocycles. The zero-order valence-corrected chi connectivity index (χ0v) is 15.4. The molecule has 28 heavy (non-hydrogen) atoms. The lowest BCUT2D eigenvalue weighted by Crippen LogP contribution is -2.50. The van der Waals surface area contributed by atoms with Crippen LogP contribution in [0.4, 0.5) is 16.3 Å². The van der Waals surface area contributed by atoms with Crippen molar-refractivity contribution in [3.63, 3.8) is 0 Å². The molecule has 1 fully saturated rings. The minimum Gasteiger partial charge on any atom is -0.495 e. The van der Waals surface area contributed by atoms with Crippen LogP contribution in [0.2, 0.25) is 0 Å². The number of carbonyl (C=O) groups excluding carboxylic acids is 1. The maximum atomic E-state index is 12.6. The molecule has 2 amide bonds. The third kappa shape index (κ3) is 3.70. The van der Waals surface area contributed by atoms with Crippen molar-refractivity contribution >= 4 is 17.5 Å². The van der Waals surface area contributed by atoms with E-state index < -0.39 is 0 Å². The number of anilines is 2. The number of nitrogens with one attached hydrogen (secondary N) is 1. The first-order valence-electron chi connectivity index (χ1n) is 8.85. The van der Waals surface area contributed by atoms with Gasteiger partial charge in [0.05, 0.1) is 12.8 Å². The third-order valence-corrected chi connectivity index (χ3v) is 4.53. The van der Waals surface area contributed by atoms with Gasteiger partial charge in [0.15, 0.2) is 5.82 Å². The lowest BCUT2D eigenvalue weighted by molar-refractivity contribution is 0.208. The number of para-hydroxylation sites is 2. The molecule has 10 heteroatoms. The van der Waals surface area contributed by atoms with Gasteiger partial charge in [0, 0.05) is 32.2 Å². The van der Waals surface area contributed by atoms with Crippen molar-refractivity contribution in [2.75, 3.05) is 43.5 Å². The van der Waals surface area contributed by atoms with Crippen molar-refractivity contribution in [2.45, 2.75) is 0 Å². The molecule has 0 unspecified atom stereocenters. The molecule has 4 rings (SSSR count). The maximum Gasteiger partial charge on any atom is 0.322 e. The van der Waals surface area contributed by atoms with Gasteiger partial charge in [-0.25, -0.2) is 24.4 Å². The normalized spacial score (nSPS) is 14.0. The first kappa shape index (κ1) is 17.7. The summed E-state index contributed by atoms with van der Waals surface area (Å²) in [5, 5.41) is 7.00. The summed E-state index contributed by atoms with van der Waals surface area (Å²) in [6.07, 6.45) is 4.56. The van der Waals surface area contributed by atoms with E-state index in [0.29, 0.717) is 43.4 Å². The van der Waals surface area contributed by atoms with Gasteiger partial charge in [0.2, 0.25) is 0 Å². The number of carbonyl (C=O) groups is 1. The van der Waals surface area contributed by atoms with Gasteiger partial charge < -0.3 is 19.9 Å². The van der Waals surface area contributed by atoms with E-state index in [0.717, 1.165) is 5.82 Å². The molecule has 144 valence electrons. The molecule has 10 nitrogen and oxygen atoms in total. The van der Waals surface area contributed by atoms with Crippen molar-refractivity contribution in [2.24, 2.45) is 0 Å². The predicted octanol–water partition coefficient (Wildman–Crippen LogP) is 1.42. The van der Waals surface area contributed by atoms with Crippen molar-refractivity contribution in [1.29, 1.82) is 0 Å². The molecule has 0 atom stereocenters. The molecule has 0 radical (unpaired) electrons. The smallest absolute Gasteiger partial charge is 0.322 e. The standard InChI is InChI=1S/C18H20N8O2/c1-28-15-5-3-2-4-14(15)23-18(27)25-8-6-24(7-9-25)16-10-17(21-12-20-16)26-13-19-11-22-26/h2-5,10-13H,6-9H2,1H3,(H,23,27). The van der Waals surface area contributed by atoms with Crippen molar-refractivity contribution in [3.05, 3.63) is 49.3 Å². The average molecular weight is 380 g/mol. The molecule has 1 saturated heterocycles. The van der Waals surface area contributed by atoms with Gasteiger partial charge >= 0.3 is 6.03 Å². The zero-order chi connectivity index (χ0) is 19.3. The van der Waals surface area contributed by atoms with Crippen molar-refractivity contribution in [1.82, 2.24) is 29.6 Å². The molecule has 0 spiro atoms. The molecule has 1 aromatic carbocycles. The van der Waals surface area contributed by atoms with Crippen LogP contribution < -0.4 is 15.0 Å². The number of piperazine rings is 1. The number of methoxy groups -OCH3 is 1. The number of amides is 2. The largest absolute Gasteiger partial charge is 0.495 e. The molecule has 1 N–H and O–H groups in total. The molecule has 0 saturated carbocycles. The summed E-state index contributed by atoms with van der Waals surface area (Å²) in [5.41, 5.74) is 0.658. The van der Waals surface area contributed by atoms with Crippen LogP contribution in [-0.4, -0.2) is 69.0 Å². The molecule has 3 aromatic rings. The second kappa shape index (κ2) is 7.91. The highest BCUT2D eigenvalue weighted by Crippen LogP contribution is 2.23. The van der Waals surface area contributed by atoms with Gasteiger partial charge in [-0.05, 0) is 12.1 Å². The average Bonchev–Trinajstić information content (AvgIpc) is 3.29.